The first kappa shape index (κ1) is 24.5. The van der Waals surface area contributed by atoms with Crippen LogP contribution >= 0.6 is 11.6 Å². The second-order valence-electron chi connectivity index (χ2n) is 7.76. The molecule has 35 heavy (non-hydrogen) atoms. The summed E-state index contributed by atoms with van der Waals surface area (Å²) in [6, 6.07) is 6.78. The van der Waals surface area contributed by atoms with Crippen molar-refractivity contribution >= 4 is 29.0 Å². The zero-order valence-corrected chi connectivity index (χ0v) is 19.7. The number of amides is 1. The summed E-state index contributed by atoms with van der Waals surface area (Å²) < 4.78 is 58.4. The molecule has 12 heteroatoms. The van der Waals surface area contributed by atoms with Crippen molar-refractivity contribution in [1.82, 2.24) is 9.78 Å². The van der Waals surface area contributed by atoms with Crippen molar-refractivity contribution in [2.45, 2.75) is 24.7 Å². The van der Waals surface area contributed by atoms with Crippen LogP contribution in [0.5, 0.6) is 17.2 Å². The Kier molecular flexibility index (Phi) is 6.70. The van der Waals surface area contributed by atoms with Crippen LogP contribution in [0, 0.1) is 0 Å². The number of hydrogen-bond acceptors (Lipinski definition) is 6. The van der Waals surface area contributed by atoms with E-state index in [1.165, 1.54) is 27.4 Å². The number of alkyl halides is 3. The number of fused-ring (bicyclic) bond motifs is 1. The van der Waals surface area contributed by atoms with Crippen LogP contribution in [-0.4, -0.2) is 43.2 Å². The second-order valence-corrected chi connectivity index (χ2v) is 8.17. The average molecular weight is 511 g/mol. The van der Waals surface area contributed by atoms with Gasteiger partial charge < -0.3 is 24.8 Å². The lowest BCUT2D eigenvalue weighted by molar-refractivity contribution is -0.173. The van der Waals surface area contributed by atoms with Crippen LogP contribution in [-0.2, 0) is 0 Å². The van der Waals surface area contributed by atoms with Gasteiger partial charge in [0, 0.05) is 12.1 Å². The number of rotatable bonds is 6. The largest absolute Gasteiger partial charge is 0.495 e. The number of methoxy groups -OCH3 is 3. The van der Waals surface area contributed by atoms with Gasteiger partial charge in [-0.15, -0.1) is 0 Å². The quantitative estimate of drug-likeness (QED) is 0.457. The number of carbonyl (C=O) groups is 1. The zero-order valence-electron chi connectivity index (χ0n) is 18.9. The number of ether oxygens (including phenoxy) is 3. The molecule has 0 spiro atoms. The maximum Gasteiger partial charge on any atom is 0.410 e. The van der Waals surface area contributed by atoms with Crippen LogP contribution in [0.3, 0.4) is 0 Å². The molecule has 1 aliphatic heterocycles. The summed E-state index contributed by atoms with van der Waals surface area (Å²) in [6.07, 6.45) is -3.81. The molecular weight excluding hydrogens is 489 g/mol. The van der Waals surface area contributed by atoms with E-state index in [1.807, 2.05) is 0 Å². The summed E-state index contributed by atoms with van der Waals surface area (Å²) >= 11 is 6.11. The highest BCUT2D eigenvalue weighted by Crippen LogP contribution is 2.45. The molecule has 2 N–H and O–H groups in total. The molecule has 8 nitrogen and oxygen atoms in total. The lowest BCUT2D eigenvalue weighted by Crippen LogP contribution is -2.36. The Morgan fingerprint density at radius 1 is 1.09 bits per heavy atom. The lowest BCUT2D eigenvalue weighted by atomic mass is 9.96. The lowest BCUT2D eigenvalue weighted by Gasteiger charge is -2.34. The molecule has 2 heterocycles. The van der Waals surface area contributed by atoms with Crippen LogP contribution in [0.1, 0.15) is 34.4 Å². The molecule has 0 saturated carbocycles. The van der Waals surface area contributed by atoms with Crippen molar-refractivity contribution in [2.24, 2.45) is 0 Å². The highest BCUT2D eigenvalue weighted by atomic mass is 35.5. The van der Waals surface area contributed by atoms with Crippen molar-refractivity contribution < 1.29 is 32.2 Å². The molecule has 0 fully saturated rings. The van der Waals surface area contributed by atoms with E-state index in [0.717, 1.165) is 10.9 Å². The number of hydrogen-bond donors (Lipinski definition) is 2. The van der Waals surface area contributed by atoms with Crippen LogP contribution in [0.2, 0.25) is 5.02 Å². The van der Waals surface area contributed by atoms with Gasteiger partial charge in [0.15, 0.2) is 17.5 Å². The van der Waals surface area contributed by atoms with E-state index in [4.69, 9.17) is 25.8 Å². The van der Waals surface area contributed by atoms with Gasteiger partial charge in [-0.2, -0.15) is 18.3 Å². The Labute approximate surface area is 203 Å². The number of nitrogens with zero attached hydrogens (tertiary/aromatic N) is 2. The minimum Gasteiger partial charge on any atom is -0.495 e. The number of anilines is 2. The van der Waals surface area contributed by atoms with Crippen molar-refractivity contribution in [2.75, 3.05) is 32.0 Å². The highest BCUT2D eigenvalue weighted by Gasteiger charge is 2.47. The van der Waals surface area contributed by atoms with Gasteiger partial charge in [0.2, 0.25) is 0 Å². The summed E-state index contributed by atoms with van der Waals surface area (Å²) in [6.45, 7) is 0. The molecule has 0 saturated heterocycles. The maximum absolute atomic E-state index is 14.0. The second kappa shape index (κ2) is 9.57. The topological polar surface area (TPSA) is 86.6 Å². The SMILES string of the molecule is COc1ccc(NC(=O)c2cnn3c2N[C@@H](c2ccc(OC)c(OC)c2)C[C@@H]3C(F)(F)F)cc1Cl. The van der Waals surface area contributed by atoms with Crippen LogP contribution in [0.15, 0.2) is 42.6 Å². The molecule has 1 aliphatic rings. The van der Waals surface area contributed by atoms with Crippen LogP contribution in [0.4, 0.5) is 24.7 Å². The number of aromatic nitrogens is 2. The Morgan fingerprint density at radius 2 is 1.77 bits per heavy atom. The highest BCUT2D eigenvalue weighted by molar-refractivity contribution is 6.32. The van der Waals surface area contributed by atoms with Gasteiger partial charge in [0.05, 0.1) is 38.6 Å². The first-order valence-corrected chi connectivity index (χ1v) is 10.8. The molecule has 0 bridgehead atoms. The van der Waals surface area contributed by atoms with E-state index in [0.29, 0.717) is 28.5 Å². The molecule has 2 atom stereocenters. The number of carbonyl (C=O) groups excluding carboxylic acids is 1. The van der Waals surface area contributed by atoms with Crippen molar-refractivity contribution in [3.63, 3.8) is 0 Å². The van der Waals surface area contributed by atoms with E-state index < -0.39 is 24.2 Å². The molecule has 4 rings (SSSR count). The van der Waals surface area contributed by atoms with Gasteiger partial charge in [-0.1, -0.05) is 17.7 Å². The monoisotopic (exact) mass is 510 g/mol. The first-order chi connectivity index (χ1) is 16.7. The van der Waals surface area contributed by atoms with Crippen LogP contribution < -0.4 is 24.8 Å². The molecule has 0 radical (unpaired) electrons. The Balaban J connectivity index is 1.68. The maximum atomic E-state index is 14.0. The minimum atomic E-state index is -4.59. The Hall–Kier alpha value is -3.60. The van der Waals surface area contributed by atoms with E-state index >= 15 is 0 Å². The summed E-state index contributed by atoms with van der Waals surface area (Å²) in [5.41, 5.74) is 0.842. The van der Waals surface area contributed by atoms with Gasteiger partial charge in [-0.05, 0) is 35.9 Å². The minimum absolute atomic E-state index is 0.0450. The van der Waals surface area contributed by atoms with Crippen LogP contribution in [0.25, 0.3) is 0 Å². The molecular formula is C23H22ClF3N4O4. The van der Waals surface area contributed by atoms with Gasteiger partial charge in [0.1, 0.15) is 17.1 Å². The standard InChI is InChI=1S/C23H22ClF3N4O4/c1-33-17-7-5-13(9-15(17)24)29-22(32)14-11-28-31-20(23(25,26)27)10-16(30-21(14)31)12-4-6-18(34-2)19(8-12)35-3/h4-9,11,16,20,30H,10H2,1-3H3,(H,29,32)/t16-,20-/m1/s1. The molecule has 186 valence electrons. The third-order valence-corrected chi connectivity index (χ3v) is 6.00. The fourth-order valence-corrected chi connectivity index (χ4v) is 4.22. The normalized spacial score (nSPS) is 17.2. The fourth-order valence-electron chi connectivity index (χ4n) is 3.96. The predicted molar refractivity (Wildman–Crippen MR) is 124 cm³/mol. The molecule has 1 amide bonds. The van der Waals surface area contributed by atoms with E-state index in [1.54, 1.807) is 30.3 Å². The fraction of sp³-hybridized carbons (Fsp3) is 0.304. The smallest absolute Gasteiger partial charge is 0.410 e. The summed E-state index contributed by atoms with van der Waals surface area (Å²) in [5, 5.41) is 9.84. The summed E-state index contributed by atoms with van der Waals surface area (Å²) in [4.78, 5) is 13.0. The van der Waals surface area contributed by atoms with Gasteiger partial charge >= 0.3 is 6.18 Å². The third-order valence-electron chi connectivity index (χ3n) is 5.70. The number of halogens is 4. The Morgan fingerprint density at radius 3 is 2.40 bits per heavy atom. The first-order valence-electron chi connectivity index (χ1n) is 10.4. The summed E-state index contributed by atoms with van der Waals surface area (Å²) in [7, 11) is 4.36. The number of benzene rings is 2. The van der Waals surface area contributed by atoms with Crippen molar-refractivity contribution in [1.29, 1.82) is 0 Å². The molecule has 0 unspecified atom stereocenters. The average Bonchev–Trinajstić information content (AvgIpc) is 3.26. The van der Waals surface area contributed by atoms with E-state index in [9.17, 15) is 18.0 Å². The zero-order chi connectivity index (χ0) is 25.3. The summed E-state index contributed by atoms with van der Waals surface area (Å²) in [5.74, 6) is 0.552. The van der Waals surface area contributed by atoms with Crippen molar-refractivity contribution in [3.8, 4) is 17.2 Å². The van der Waals surface area contributed by atoms with Gasteiger partial charge in [0.25, 0.3) is 5.91 Å². The number of nitrogens with one attached hydrogen (secondary N) is 2. The third kappa shape index (κ3) is 4.81. The Bertz CT molecular complexity index is 1250. The van der Waals surface area contributed by atoms with Gasteiger partial charge in [-0.3, -0.25) is 4.79 Å². The van der Waals surface area contributed by atoms with E-state index in [2.05, 4.69) is 15.7 Å². The van der Waals surface area contributed by atoms with Gasteiger partial charge in [-0.25, -0.2) is 4.68 Å². The molecule has 0 aliphatic carbocycles. The molecule has 3 aromatic rings. The molecule has 1 aromatic heterocycles. The van der Waals surface area contributed by atoms with Crippen molar-refractivity contribution in [3.05, 3.63) is 58.7 Å². The van der Waals surface area contributed by atoms with E-state index in [-0.39, 0.29) is 22.8 Å². The molecule has 2 aromatic carbocycles. The predicted octanol–water partition coefficient (Wildman–Crippen LogP) is 5.47.